The quantitative estimate of drug-likeness (QED) is 0.582. The fourth-order valence-electron chi connectivity index (χ4n) is 2.99. The van der Waals surface area contributed by atoms with Crippen LogP contribution in [0.5, 0.6) is 0 Å². The summed E-state index contributed by atoms with van der Waals surface area (Å²) in [4.78, 5) is 16.3. The van der Waals surface area contributed by atoms with Gasteiger partial charge in [-0.3, -0.25) is 4.79 Å². The first kappa shape index (κ1) is 17.9. The number of carbonyl (C=O) groups is 1. The number of ether oxygens (including phenoxy) is 1. The highest BCUT2D eigenvalue weighted by Gasteiger charge is 2.40. The molecule has 6 heteroatoms. The third-order valence-corrected chi connectivity index (χ3v) is 6.21. The van der Waals surface area contributed by atoms with E-state index in [1.807, 2.05) is 6.92 Å². The Morgan fingerprint density at radius 3 is 2.73 bits per heavy atom. The summed E-state index contributed by atoms with van der Waals surface area (Å²) in [5.74, 6) is 0.0701. The topological polar surface area (TPSA) is 59.4 Å². The molecule has 1 aliphatic carbocycles. The van der Waals surface area contributed by atoms with Gasteiger partial charge in [0.1, 0.15) is 10.6 Å². The molecule has 1 atom stereocenters. The van der Waals surface area contributed by atoms with E-state index >= 15 is 0 Å². The highest BCUT2D eigenvalue weighted by atomic mass is 79.9. The largest absolute Gasteiger partial charge is 0.465 e. The smallest absolute Gasteiger partial charge is 0.308 e. The number of rotatable bonds is 6. The van der Waals surface area contributed by atoms with E-state index in [-0.39, 0.29) is 17.8 Å². The van der Waals surface area contributed by atoms with Crippen LogP contribution in [0.4, 0.5) is 0 Å². The highest BCUT2D eigenvalue weighted by molar-refractivity contribution is 9.11. The molecule has 0 saturated heterocycles. The number of unbranched alkanes of at least 4 members (excludes halogenated alkanes) is 1. The Bertz CT molecular complexity index is 495. The van der Waals surface area contributed by atoms with Crippen molar-refractivity contribution < 1.29 is 14.6 Å². The van der Waals surface area contributed by atoms with Gasteiger partial charge in [0.15, 0.2) is 0 Å². The van der Waals surface area contributed by atoms with Crippen molar-refractivity contribution in [3.63, 3.8) is 0 Å². The van der Waals surface area contributed by atoms with Gasteiger partial charge in [-0.2, -0.15) is 0 Å². The predicted molar refractivity (Wildman–Crippen MR) is 90.7 cm³/mol. The van der Waals surface area contributed by atoms with Crippen molar-refractivity contribution >= 4 is 33.2 Å². The van der Waals surface area contributed by atoms with Crippen LogP contribution in [0.1, 0.15) is 57.4 Å². The van der Waals surface area contributed by atoms with Crippen LogP contribution in [-0.2, 0) is 15.1 Å². The summed E-state index contributed by atoms with van der Waals surface area (Å²) in [6.07, 6.45) is 6.93. The number of thiazole rings is 1. The molecule has 0 spiro atoms. The van der Waals surface area contributed by atoms with Crippen LogP contribution < -0.4 is 0 Å². The third kappa shape index (κ3) is 4.30. The molecular formula is C16H24BrNO3S. The van der Waals surface area contributed by atoms with Crippen molar-refractivity contribution in [3.8, 4) is 0 Å². The summed E-state index contributed by atoms with van der Waals surface area (Å²) in [6, 6.07) is 0. The molecule has 1 N–H and O–H groups in total. The van der Waals surface area contributed by atoms with Crippen molar-refractivity contribution in [2.75, 3.05) is 6.61 Å². The molecule has 0 bridgehead atoms. The van der Waals surface area contributed by atoms with Crippen LogP contribution in [0.3, 0.4) is 0 Å². The zero-order chi connectivity index (χ0) is 16.2. The molecule has 0 unspecified atom stereocenters. The monoisotopic (exact) mass is 389 g/mol. The minimum absolute atomic E-state index is 0.00747. The normalized spacial score (nSPS) is 24.7. The fraction of sp³-hybridized carbons (Fsp3) is 0.750. The lowest BCUT2D eigenvalue weighted by molar-refractivity contribution is -0.151. The van der Waals surface area contributed by atoms with Crippen LogP contribution in [0.2, 0.25) is 0 Å². The second-order valence-corrected chi connectivity index (χ2v) is 8.60. The molecule has 0 radical (unpaired) electrons. The molecule has 1 heterocycles. The highest BCUT2D eigenvalue weighted by Crippen LogP contribution is 2.42. The number of hydrogen-bond acceptors (Lipinski definition) is 5. The summed E-state index contributed by atoms with van der Waals surface area (Å²) in [7, 11) is 0. The Morgan fingerprint density at radius 1 is 1.50 bits per heavy atom. The van der Waals surface area contributed by atoms with Gasteiger partial charge in [0, 0.05) is 0 Å². The summed E-state index contributed by atoms with van der Waals surface area (Å²) in [5, 5.41) is 11.6. The Labute approximate surface area is 144 Å². The summed E-state index contributed by atoms with van der Waals surface area (Å²) < 4.78 is 6.24. The second-order valence-electron chi connectivity index (χ2n) is 6.19. The van der Waals surface area contributed by atoms with E-state index in [4.69, 9.17) is 4.74 Å². The number of carbonyl (C=O) groups excluding carboxylic acids is 1. The first-order chi connectivity index (χ1) is 10.4. The van der Waals surface area contributed by atoms with Crippen LogP contribution in [-0.4, -0.2) is 22.7 Å². The average Bonchev–Trinajstić information content (AvgIpc) is 2.95. The second kappa shape index (κ2) is 7.88. The van der Waals surface area contributed by atoms with Gasteiger partial charge in [-0.05, 0) is 60.9 Å². The van der Waals surface area contributed by atoms with E-state index in [2.05, 4.69) is 27.8 Å². The van der Waals surface area contributed by atoms with E-state index in [0.29, 0.717) is 6.61 Å². The lowest BCUT2D eigenvalue weighted by Crippen LogP contribution is -2.36. The number of halogens is 1. The van der Waals surface area contributed by atoms with Crippen LogP contribution >= 0.6 is 27.3 Å². The minimum atomic E-state index is -0.923. The fourth-order valence-corrected chi connectivity index (χ4v) is 4.32. The van der Waals surface area contributed by atoms with Gasteiger partial charge in [-0.1, -0.05) is 13.3 Å². The van der Waals surface area contributed by atoms with Gasteiger partial charge >= 0.3 is 5.97 Å². The maximum atomic E-state index is 12.0. The zero-order valence-corrected chi connectivity index (χ0v) is 15.6. The molecule has 4 nitrogen and oxygen atoms in total. The molecule has 1 saturated carbocycles. The maximum absolute atomic E-state index is 12.0. The standard InChI is InChI=1S/C16H24BrNO3S/c1-3-4-9-21-14(19)11-5-7-12(8-6-11)16(2,20)15-18-10-13(17)22-15/h10-12,20H,3-9H2,1-2H3/t11?,12?,16-/m0/s1. The minimum Gasteiger partial charge on any atom is -0.465 e. The molecule has 0 amide bonds. The van der Waals surface area contributed by atoms with Gasteiger partial charge in [0.25, 0.3) is 0 Å². The molecule has 2 rings (SSSR count). The first-order valence-electron chi connectivity index (χ1n) is 7.96. The number of aromatic nitrogens is 1. The third-order valence-electron chi connectivity index (χ3n) is 4.51. The summed E-state index contributed by atoms with van der Waals surface area (Å²) in [6.45, 7) is 4.45. The Morgan fingerprint density at radius 2 is 2.18 bits per heavy atom. The summed E-state index contributed by atoms with van der Waals surface area (Å²) >= 11 is 4.86. The molecule has 1 aromatic rings. The Kier molecular flexibility index (Phi) is 6.41. The molecule has 22 heavy (non-hydrogen) atoms. The van der Waals surface area contributed by atoms with Crippen LogP contribution in [0, 0.1) is 11.8 Å². The van der Waals surface area contributed by atoms with Crippen LogP contribution in [0.25, 0.3) is 0 Å². The maximum Gasteiger partial charge on any atom is 0.308 e. The number of nitrogens with zero attached hydrogens (tertiary/aromatic N) is 1. The lowest BCUT2D eigenvalue weighted by atomic mass is 9.74. The van der Waals surface area contributed by atoms with E-state index in [1.165, 1.54) is 11.3 Å². The molecule has 0 aliphatic heterocycles. The van der Waals surface area contributed by atoms with Crippen molar-refractivity contribution in [1.29, 1.82) is 0 Å². The van der Waals surface area contributed by atoms with Gasteiger partial charge < -0.3 is 9.84 Å². The Balaban J connectivity index is 1.87. The molecule has 1 aliphatic rings. The first-order valence-corrected chi connectivity index (χ1v) is 9.57. The molecule has 0 aromatic carbocycles. The lowest BCUT2D eigenvalue weighted by Gasteiger charge is -2.36. The molecule has 1 aromatic heterocycles. The van der Waals surface area contributed by atoms with E-state index in [9.17, 15) is 9.90 Å². The molecule has 1 fully saturated rings. The van der Waals surface area contributed by atoms with E-state index in [0.717, 1.165) is 47.3 Å². The summed E-state index contributed by atoms with van der Waals surface area (Å²) in [5.41, 5.74) is -0.923. The number of aliphatic hydroxyl groups is 1. The van der Waals surface area contributed by atoms with Crippen molar-refractivity contribution in [3.05, 3.63) is 15.0 Å². The average molecular weight is 390 g/mol. The van der Waals surface area contributed by atoms with Gasteiger partial charge in [-0.15, -0.1) is 11.3 Å². The van der Waals surface area contributed by atoms with Crippen molar-refractivity contribution in [2.24, 2.45) is 11.8 Å². The molecular weight excluding hydrogens is 366 g/mol. The van der Waals surface area contributed by atoms with Crippen molar-refractivity contribution in [1.82, 2.24) is 4.98 Å². The Hall–Kier alpha value is -0.460. The predicted octanol–water partition coefficient (Wildman–Crippen LogP) is 4.26. The van der Waals surface area contributed by atoms with Gasteiger partial charge in [0.05, 0.1) is 22.5 Å². The van der Waals surface area contributed by atoms with Gasteiger partial charge in [-0.25, -0.2) is 4.98 Å². The SMILES string of the molecule is CCCCOC(=O)C1CCC([C@](C)(O)c2ncc(Br)s2)CC1. The van der Waals surface area contributed by atoms with Crippen molar-refractivity contribution in [2.45, 2.75) is 58.0 Å². The number of esters is 1. The molecule has 124 valence electrons. The van der Waals surface area contributed by atoms with Gasteiger partial charge in [0.2, 0.25) is 0 Å². The zero-order valence-electron chi connectivity index (χ0n) is 13.2. The van der Waals surface area contributed by atoms with E-state index in [1.54, 1.807) is 6.20 Å². The van der Waals surface area contributed by atoms with Crippen LogP contribution in [0.15, 0.2) is 9.98 Å². The van der Waals surface area contributed by atoms with E-state index < -0.39 is 5.60 Å². The number of hydrogen-bond donors (Lipinski definition) is 1.